The summed E-state index contributed by atoms with van der Waals surface area (Å²) in [4.78, 5) is 2.70. The lowest BCUT2D eigenvalue weighted by molar-refractivity contribution is 0.321. The highest BCUT2D eigenvalue weighted by Gasteiger charge is 2.58. The third-order valence-electron chi connectivity index (χ3n) is 14.1. The summed E-state index contributed by atoms with van der Waals surface area (Å²) in [6, 6.07) is 45.9. The van der Waals surface area contributed by atoms with Crippen molar-refractivity contribution in [3.63, 3.8) is 0 Å². The molecule has 5 aromatic rings. The van der Waals surface area contributed by atoms with Gasteiger partial charge in [-0.1, -0.05) is 191 Å². The molecule has 0 saturated carbocycles. The molecule has 0 aromatic heterocycles. The third-order valence-corrected chi connectivity index (χ3v) is 14.1. The highest BCUT2D eigenvalue weighted by atomic mass is 15.2. The number of hydrogen-bond donors (Lipinski definition) is 0. The number of fused-ring (bicyclic) bond motifs is 13. The molecule has 1 nitrogen and oxygen atoms in total. The molecule has 0 aliphatic heterocycles. The topological polar surface area (TPSA) is 3.24 Å². The average Bonchev–Trinajstić information content (AvgIpc) is 3.76. The van der Waals surface area contributed by atoms with Crippen molar-refractivity contribution in [3.8, 4) is 11.1 Å². The molecule has 54 heavy (non-hydrogen) atoms. The lowest BCUT2D eigenvalue weighted by Crippen LogP contribution is -2.40. The van der Waals surface area contributed by atoms with Crippen LogP contribution in [0.3, 0.4) is 0 Å². The minimum atomic E-state index is -0.261. The van der Waals surface area contributed by atoms with E-state index >= 15 is 0 Å². The van der Waals surface area contributed by atoms with Crippen molar-refractivity contribution in [2.24, 2.45) is 11.8 Å². The third kappa shape index (κ3) is 4.10. The van der Waals surface area contributed by atoms with E-state index in [1.807, 2.05) is 0 Å². The first kappa shape index (κ1) is 31.8. The normalized spacial score (nSPS) is 28.4. The number of nitrogens with zero attached hydrogens (tertiary/aromatic N) is 1. The van der Waals surface area contributed by atoms with Crippen LogP contribution >= 0.6 is 0 Å². The van der Waals surface area contributed by atoms with E-state index in [0.717, 1.165) is 6.42 Å². The minimum Gasteiger partial charge on any atom is -0.334 e. The zero-order chi connectivity index (χ0) is 36.2. The van der Waals surface area contributed by atoms with Crippen molar-refractivity contribution < 1.29 is 0 Å². The molecule has 0 heterocycles. The van der Waals surface area contributed by atoms with Gasteiger partial charge in [0, 0.05) is 40.1 Å². The Kier molecular flexibility index (Phi) is 6.73. The summed E-state index contributed by atoms with van der Waals surface area (Å²) in [5.41, 5.74) is 16.3. The van der Waals surface area contributed by atoms with E-state index in [1.165, 1.54) is 67.0 Å². The van der Waals surface area contributed by atoms with E-state index < -0.39 is 0 Å². The number of allylic oxidation sites excluding steroid dienone is 9. The molecule has 6 atom stereocenters. The number of benzene rings is 5. The van der Waals surface area contributed by atoms with Crippen LogP contribution in [0.25, 0.3) is 16.7 Å². The Morgan fingerprint density at radius 1 is 0.611 bits per heavy atom. The van der Waals surface area contributed by atoms with Gasteiger partial charge in [0.2, 0.25) is 0 Å². The van der Waals surface area contributed by atoms with Crippen molar-refractivity contribution >= 4 is 11.3 Å². The molecule has 0 radical (unpaired) electrons. The number of rotatable bonds is 4. The predicted molar refractivity (Wildman–Crippen MR) is 225 cm³/mol. The standard InChI is InChI=1S/C53H45N/c1-51(2)45-24-13-14-25-46(45)52(3)33-32-38(34-49(51)52)54(37-30-28-36(29-31-37)35-16-5-4-6-17-35)48-27-15-26-47-50(48)41-20-9-12-23-44(41)53(47)42-21-10-7-18-39(42)40-19-8-11-22-43(40)53/h4-30,32-34,37,39,42,49H,31H2,1-3H3. The van der Waals surface area contributed by atoms with Gasteiger partial charge in [0.25, 0.3) is 0 Å². The van der Waals surface area contributed by atoms with Gasteiger partial charge in [0.1, 0.15) is 0 Å². The largest absolute Gasteiger partial charge is 0.334 e. The fourth-order valence-corrected chi connectivity index (χ4v) is 11.8. The van der Waals surface area contributed by atoms with Crippen molar-refractivity contribution in [1.29, 1.82) is 0 Å². The van der Waals surface area contributed by atoms with E-state index in [0.29, 0.717) is 17.8 Å². The van der Waals surface area contributed by atoms with Gasteiger partial charge in [0.05, 0.1) is 11.5 Å². The molecule has 11 rings (SSSR count). The van der Waals surface area contributed by atoms with Gasteiger partial charge >= 0.3 is 0 Å². The van der Waals surface area contributed by atoms with Gasteiger partial charge in [-0.25, -0.2) is 0 Å². The van der Waals surface area contributed by atoms with Crippen LogP contribution in [0, 0.1) is 11.8 Å². The molecule has 1 spiro atoms. The second kappa shape index (κ2) is 11.4. The summed E-state index contributed by atoms with van der Waals surface area (Å²) in [5.74, 6) is 0.981. The van der Waals surface area contributed by atoms with Gasteiger partial charge < -0.3 is 4.90 Å². The van der Waals surface area contributed by atoms with Crippen LogP contribution in [-0.2, 0) is 16.2 Å². The Balaban J connectivity index is 1.13. The van der Waals surface area contributed by atoms with E-state index in [9.17, 15) is 0 Å². The maximum Gasteiger partial charge on any atom is 0.0560 e. The van der Waals surface area contributed by atoms with Crippen molar-refractivity contribution in [2.45, 2.75) is 55.4 Å². The van der Waals surface area contributed by atoms with Gasteiger partial charge in [0.15, 0.2) is 0 Å². The molecular weight excluding hydrogens is 651 g/mol. The number of anilines is 1. The van der Waals surface area contributed by atoms with E-state index in [1.54, 1.807) is 0 Å². The summed E-state index contributed by atoms with van der Waals surface area (Å²) < 4.78 is 0. The first-order valence-electron chi connectivity index (χ1n) is 19.8. The Morgan fingerprint density at radius 3 is 2.13 bits per heavy atom. The monoisotopic (exact) mass is 695 g/mol. The van der Waals surface area contributed by atoms with Crippen LogP contribution in [0.15, 0.2) is 188 Å². The lowest BCUT2D eigenvalue weighted by atomic mass is 9.65. The molecule has 5 aromatic carbocycles. The lowest BCUT2D eigenvalue weighted by Gasteiger charge is -2.42. The first-order valence-corrected chi connectivity index (χ1v) is 19.8. The zero-order valence-electron chi connectivity index (χ0n) is 31.3. The molecule has 262 valence electrons. The molecule has 6 aliphatic rings. The molecule has 0 N–H and O–H groups in total. The highest BCUT2D eigenvalue weighted by Crippen LogP contribution is 2.67. The van der Waals surface area contributed by atoms with Crippen LogP contribution < -0.4 is 4.90 Å². The molecule has 0 amide bonds. The second-order valence-electron chi connectivity index (χ2n) is 17.0. The van der Waals surface area contributed by atoms with Gasteiger partial charge in [-0.05, 0) is 74.1 Å². The molecule has 6 aliphatic carbocycles. The Labute approximate surface area is 320 Å². The van der Waals surface area contributed by atoms with Crippen LogP contribution in [-0.4, -0.2) is 6.04 Å². The van der Waals surface area contributed by atoms with Gasteiger partial charge in [-0.3, -0.25) is 0 Å². The van der Waals surface area contributed by atoms with E-state index in [2.05, 4.69) is 208 Å². The van der Waals surface area contributed by atoms with E-state index in [-0.39, 0.29) is 22.3 Å². The first-order chi connectivity index (χ1) is 26.4. The highest BCUT2D eigenvalue weighted by molar-refractivity contribution is 5.94. The summed E-state index contributed by atoms with van der Waals surface area (Å²) in [6.45, 7) is 7.36. The molecule has 6 unspecified atom stereocenters. The van der Waals surface area contributed by atoms with Gasteiger partial charge in [-0.15, -0.1) is 0 Å². The summed E-state index contributed by atoms with van der Waals surface area (Å²) in [6.07, 6.45) is 25.3. The zero-order valence-corrected chi connectivity index (χ0v) is 31.3. The number of hydrogen-bond acceptors (Lipinski definition) is 1. The molecule has 0 saturated heterocycles. The minimum absolute atomic E-state index is 0.00545. The quantitative estimate of drug-likeness (QED) is 0.181. The van der Waals surface area contributed by atoms with Crippen molar-refractivity contribution in [3.05, 3.63) is 227 Å². The van der Waals surface area contributed by atoms with E-state index in [4.69, 9.17) is 0 Å². The Bertz CT molecular complexity index is 2560. The molecule has 1 heteroatoms. The Morgan fingerprint density at radius 2 is 1.31 bits per heavy atom. The Hall–Kier alpha value is -5.66. The predicted octanol–water partition coefficient (Wildman–Crippen LogP) is 12.4. The van der Waals surface area contributed by atoms with Crippen LogP contribution in [0.4, 0.5) is 5.69 Å². The second-order valence-corrected chi connectivity index (χ2v) is 17.0. The summed E-state index contributed by atoms with van der Waals surface area (Å²) in [7, 11) is 0. The van der Waals surface area contributed by atoms with Crippen LogP contribution in [0.1, 0.15) is 72.1 Å². The molecule has 0 fully saturated rings. The molecular formula is C53H45N. The summed E-state index contributed by atoms with van der Waals surface area (Å²) >= 11 is 0. The van der Waals surface area contributed by atoms with Crippen LogP contribution in [0.2, 0.25) is 0 Å². The maximum atomic E-state index is 2.70. The van der Waals surface area contributed by atoms with Crippen LogP contribution in [0.5, 0.6) is 0 Å². The van der Waals surface area contributed by atoms with Crippen molar-refractivity contribution in [2.75, 3.05) is 4.90 Å². The SMILES string of the molecule is CC1(C)c2ccccc2C2(C)C=CC(N(c3cccc4c3-c3ccccc3C43c4ccccc4C4C=CC=CC43)C3C=CC(c4ccccc4)=CC3)=CC12. The summed E-state index contributed by atoms with van der Waals surface area (Å²) in [5, 5.41) is 0. The fraction of sp³-hybridized carbons (Fsp3) is 0.208. The fourth-order valence-electron chi connectivity index (χ4n) is 11.8. The van der Waals surface area contributed by atoms with Gasteiger partial charge in [-0.2, -0.15) is 0 Å². The average molecular weight is 696 g/mol. The molecule has 0 bridgehead atoms. The van der Waals surface area contributed by atoms with Crippen molar-refractivity contribution in [1.82, 2.24) is 0 Å². The smallest absolute Gasteiger partial charge is 0.0560 e. The maximum absolute atomic E-state index is 2.70.